The van der Waals surface area contributed by atoms with E-state index >= 15 is 0 Å². The molecule has 1 heterocycles. The van der Waals surface area contributed by atoms with Gasteiger partial charge in [-0.15, -0.1) is 0 Å². The number of hydrogen-bond donors (Lipinski definition) is 0. The number of nitrogens with zero attached hydrogens (tertiary/aromatic N) is 1. The number of aromatic nitrogens is 1. The van der Waals surface area contributed by atoms with Gasteiger partial charge in [0.25, 0.3) is 0 Å². The molecule has 2 aromatic rings. The first-order chi connectivity index (χ1) is 8.19. The van der Waals surface area contributed by atoms with Crippen LogP contribution in [0.3, 0.4) is 0 Å². The number of methoxy groups -OCH3 is 1. The molecule has 0 fully saturated rings. The smallest absolute Gasteiger partial charge is 0.181 e. The fourth-order valence-corrected chi connectivity index (χ4v) is 1.76. The van der Waals surface area contributed by atoms with Crippen molar-refractivity contribution >= 4 is 11.6 Å². The Balaban J connectivity index is 2.29. The van der Waals surface area contributed by atoms with E-state index in [9.17, 15) is 4.79 Å². The van der Waals surface area contributed by atoms with Gasteiger partial charge in [-0.05, 0) is 12.1 Å². The SMILES string of the molecule is COc1cc(Cl)ccc1Cn1ccc(=O)cc1. The molecule has 1 aromatic carbocycles. The number of halogens is 1. The van der Waals surface area contributed by atoms with Crippen LogP contribution in [-0.4, -0.2) is 11.7 Å². The van der Waals surface area contributed by atoms with Gasteiger partial charge in [-0.3, -0.25) is 4.79 Å². The fourth-order valence-electron chi connectivity index (χ4n) is 1.59. The molecular formula is C13H12ClNO2. The van der Waals surface area contributed by atoms with Crippen LogP contribution in [0.2, 0.25) is 5.02 Å². The summed E-state index contributed by atoms with van der Waals surface area (Å²) in [6.45, 7) is 0.640. The molecule has 88 valence electrons. The largest absolute Gasteiger partial charge is 0.496 e. The zero-order valence-electron chi connectivity index (χ0n) is 9.39. The molecule has 0 amide bonds. The highest BCUT2D eigenvalue weighted by Gasteiger charge is 2.03. The third-order valence-electron chi connectivity index (χ3n) is 2.46. The minimum Gasteiger partial charge on any atom is -0.496 e. The molecule has 2 rings (SSSR count). The van der Waals surface area contributed by atoms with Gasteiger partial charge in [0.15, 0.2) is 5.43 Å². The maximum Gasteiger partial charge on any atom is 0.181 e. The molecule has 17 heavy (non-hydrogen) atoms. The fraction of sp³-hybridized carbons (Fsp3) is 0.154. The molecule has 0 N–H and O–H groups in total. The zero-order valence-corrected chi connectivity index (χ0v) is 10.1. The molecule has 0 radical (unpaired) electrons. The first-order valence-corrected chi connectivity index (χ1v) is 5.55. The summed E-state index contributed by atoms with van der Waals surface area (Å²) in [6.07, 6.45) is 3.49. The van der Waals surface area contributed by atoms with Crippen LogP contribution in [0.15, 0.2) is 47.5 Å². The van der Waals surface area contributed by atoms with Crippen molar-refractivity contribution in [1.29, 1.82) is 0 Å². The van der Waals surface area contributed by atoms with E-state index in [4.69, 9.17) is 16.3 Å². The van der Waals surface area contributed by atoms with Gasteiger partial charge in [0.2, 0.25) is 0 Å². The second-order valence-electron chi connectivity index (χ2n) is 3.66. The van der Waals surface area contributed by atoms with Gasteiger partial charge >= 0.3 is 0 Å². The lowest BCUT2D eigenvalue weighted by Crippen LogP contribution is -2.05. The third kappa shape index (κ3) is 2.88. The molecule has 0 unspecified atom stereocenters. The molecule has 0 aliphatic rings. The van der Waals surface area contributed by atoms with Crippen molar-refractivity contribution in [3.63, 3.8) is 0 Å². The van der Waals surface area contributed by atoms with Crippen molar-refractivity contribution in [3.8, 4) is 5.75 Å². The Hall–Kier alpha value is -1.74. The van der Waals surface area contributed by atoms with Crippen LogP contribution in [0, 0.1) is 0 Å². The average Bonchev–Trinajstić information content (AvgIpc) is 2.34. The standard InChI is InChI=1S/C13H12ClNO2/c1-17-13-8-11(14)3-2-10(13)9-15-6-4-12(16)5-7-15/h2-8H,9H2,1H3. The van der Waals surface area contributed by atoms with Gasteiger partial charge in [0.05, 0.1) is 13.7 Å². The van der Waals surface area contributed by atoms with E-state index in [2.05, 4.69) is 0 Å². The summed E-state index contributed by atoms with van der Waals surface area (Å²) < 4.78 is 7.17. The Kier molecular flexibility index (Phi) is 3.49. The second-order valence-corrected chi connectivity index (χ2v) is 4.10. The number of benzene rings is 1. The molecule has 0 aliphatic carbocycles. The van der Waals surface area contributed by atoms with Gasteiger partial charge < -0.3 is 9.30 Å². The van der Waals surface area contributed by atoms with Gasteiger partial charge in [0.1, 0.15) is 5.75 Å². The van der Waals surface area contributed by atoms with E-state index in [0.29, 0.717) is 11.6 Å². The van der Waals surface area contributed by atoms with Crippen LogP contribution in [0.25, 0.3) is 0 Å². The first kappa shape index (κ1) is 11.7. The molecule has 1 aromatic heterocycles. The number of hydrogen-bond acceptors (Lipinski definition) is 2. The highest BCUT2D eigenvalue weighted by Crippen LogP contribution is 2.23. The Morgan fingerprint density at radius 2 is 1.94 bits per heavy atom. The lowest BCUT2D eigenvalue weighted by atomic mass is 10.2. The van der Waals surface area contributed by atoms with Crippen LogP contribution in [0.4, 0.5) is 0 Å². The van der Waals surface area contributed by atoms with Gasteiger partial charge in [0, 0.05) is 35.1 Å². The highest BCUT2D eigenvalue weighted by atomic mass is 35.5. The van der Waals surface area contributed by atoms with Gasteiger partial charge in [-0.1, -0.05) is 17.7 Å². The Labute approximate surface area is 104 Å². The predicted octanol–water partition coefficient (Wildman–Crippen LogP) is 2.56. The van der Waals surface area contributed by atoms with Crippen molar-refractivity contribution in [1.82, 2.24) is 4.57 Å². The summed E-state index contributed by atoms with van der Waals surface area (Å²) in [5.74, 6) is 0.746. The van der Waals surface area contributed by atoms with E-state index in [1.807, 2.05) is 16.7 Å². The second kappa shape index (κ2) is 5.06. The van der Waals surface area contributed by atoms with Crippen LogP contribution in [0.5, 0.6) is 5.75 Å². The summed E-state index contributed by atoms with van der Waals surface area (Å²) >= 11 is 5.89. The Bertz CT molecular complexity index is 557. The molecular weight excluding hydrogens is 238 g/mol. The van der Waals surface area contributed by atoms with Crippen LogP contribution in [-0.2, 0) is 6.54 Å². The van der Waals surface area contributed by atoms with E-state index in [-0.39, 0.29) is 5.43 Å². The number of rotatable bonds is 3. The van der Waals surface area contributed by atoms with E-state index in [1.165, 1.54) is 12.1 Å². The van der Waals surface area contributed by atoms with Crippen molar-refractivity contribution in [2.24, 2.45) is 0 Å². The molecule has 0 atom stereocenters. The molecule has 0 aliphatic heterocycles. The molecule has 0 saturated carbocycles. The minimum absolute atomic E-state index is 0.00400. The van der Waals surface area contributed by atoms with Crippen LogP contribution < -0.4 is 10.2 Å². The van der Waals surface area contributed by atoms with Crippen molar-refractivity contribution in [2.45, 2.75) is 6.54 Å². The monoisotopic (exact) mass is 249 g/mol. The number of pyridine rings is 1. The maximum absolute atomic E-state index is 11.0. The van der Waals surface area contributed by atoms with Gasteiger partial charge in [-0.25, -0.2) is 0 Å². The maximum atomic E-state index is 11.0. The van der Waals surface area contributed by atoms with E-state index in [1.54, 1.807) is 25.6 Å². The average molecular weight is 250 g/mol. The predicted molar refractivity (Wildman–Crippen MR) is 67.8 cm³/mol. The quantitative estimate of drug-likeness (QED) is 0.837. The Morgan fingerprint density at radius 3 is 2.59 bits per heavy atom. The summed E-state index contributed by atoms with van der Waals surface area (Å²) in [6, 6.07) is 8.57. The highest BCUT2D eigenvalue weighted by molar-refractivity contribution is 6.30. The Morgan fingerprint density at radius 1 is 1.24 bits per heavy atom. The van der Waals surface area contributed by atoms with Crippen molar-refractivity contribution < 1.29 is 4.74 Å². The van der Waals surface area contributed by atoms with Crippen LogP contribution in [0.1, 0.15) is 5.56 Å². The first-order valence-electron chi connectivity index (χ1n) is 5.17. The topological polar surface area (TPSA) is 31.2 Å². The third-order valence-corrected chi connectivity index (χ3v) is 2.70. The minimum atomic E-state index is 0.00400. The molecule has 3 nitrogen and oxygen atoms in total. The summed E-state index contributed by atoms with van der Waals surface area (Å²) in [7, 11) is 1.61. The normalized spacial score (nSPS) is 10.2. The lowest BCUT2D eigenvalue weighted by Gasteiger charge is -2.10. The summed E-state index contributed by atoms with van der Waals surface area (Å²) in [5.41, 5.74) is 1.02. The van der Waals surface area contributed by atoms with Gasteiger partial charge in [-0.2, -0.15) is 0 Å². The number of ether oxygens (including phenoxy) is 1. The zero-order chi connectivity index (χ0) is 12.3. The lowest BCUT2D eigenvalue weighted by molar-refractivity contribution is 0.408. The van der Waals surface area contributed by atoms with Crippen molar-refractivity contribution in [3.05, 3.63) is 63.5 Å². The molecule has 0 bridgehead atoms. The molecule has 0 saturated heterocycles. The molecule has 4 heteroatoms. The summed E-state index contributed by atoms with van der Waals surface area (Å²) in [4.78, 5) is 11.0. The molecule has 0 spiro atoms. The van der Waals surface area contributed by atoms with Crippen LogP contribution >= 0.6 is 11.6 Å². The van der Waals surface area contributed by atoms with Crippen molar-refractivity contribution in [2.75, 3.05) is 7.11 Å². The van der Waals surface area contributed by atoms with E-state index in [0.717, 1.165) is 11.3 Å². The van der Waals surface area contributed by atoms with E-state index < -0.39 is 0 Å². The summed E-state index contributed by atoms with van der Waals surface area (Å²) in [5, 5.41) is 0.644.